The molecule has 4 nitrogen and oxygen atoms in total. The van der Waals surface area contributed by atoms with Crippen molar-refractivity contribution in [3.05, 3.63) is 119 Å². The smallest absolute Gasteiger partial charge is 1.00 e. The van der Waals surface area contributed by atoms with E-state index in [0.717, 1.165) is 32.4 Å². The maximum atomic E-state index is 5.36. The maximum Gasteiger partial charge on any atom is 2.00 e. The van der Waals surface area contributed by atoms with E-state index in [-0.39, 0.29) is 44.3 Å². The van der Waals surface area contributed by atoms with Crippen molar-refractivity contribution < 1.29 is 54.3 Å². The van der Waals surface area contributed by atoms with E-state index in [4.69, 9.17) is 25.3 Å². The number of nitrogens with one attached hydrogen (secondary N) is 2. The van der Waals surface area contributed by atoms with Crippen molar-refractivity contribution in [2.75, 3.05) is 0 Å². The molecule has 2 N–H and O–H groups in total. The fourth-order valence-corrected chi connectivity index (χ4v) is 5.71. The molecule has 0 aliphatic heterocycles. The molecule has 0 aliphatic rings. The molecule has 0 saturated carbocycles. The topological polar surface area (TPSA) is 53.0 Å². The number of aromatic amines is 2. The van der Waals surface area contributed by atoms with Gasteiger partial charge in [-0.3, -0.25) is 9.98 Å². The summed E-state index contributed by atoms with van der Waals surface area (Å²) in [5.74, 6) is 0. The number of hydrogen-bond donors (Lipinski definition) is 0. The Bertz CT molecular complexity index is 1480. The van der Waals surface area contributed by atoms with Crippen LogP contribution in [0.2, 0.25) is 0 Å². The summed E-state index contributed by atoms with van der Waals surface area (Å²) in [4.78, 5) is 15.5. The second-order valence-corrected chi connectivity index (χ2v) is 10.5. The molecule has 0 spiro atoms. The summed E-state index contributed by atoms with van der Waals surface area (Å²) in [6.45, 7) is 0. The average Bonchev–Trinajstić information content (AvgIpc) is 3.55. The summed E-state index contributed by atoms with van der Waals surface area (Å²) >= 11 is 14.0. The SMILES string of the molecule is [Cl-].[Cl-].[S-]C(=Nc1ccccc1)c1[nH+]c2ccccc2s1.[S-]C(=Nc1ccccc1)c1[nH+]c2ccccc2s1.[Zn+2]. The van der Waals surface area contributed by atoms with Crippen LogP contribution in [-0.4, -0.2) is 10.1 Å². The quantitative estimate of drug-likeness (QED) is 0.120. The predicted molar refractivity (Wildman–Crippen MR) is 157 cm³/mol. The molecule has 2 aromatic heterocycles. The average molecular weight is 677 g/mol. The Balaban J connectivity index is 0.000000254. The van der Waals surface area contributed by atoms with Gasteiger partial charge in [0.05, 0.1) is 11.4 Å². The van der Waals surface area contributed by atoms with Crippen molar-refractivity contribution >= 4 is 89.8 Å². The maximum absolute atomic E-state index is 5.36. The number of thiazole rings is 2. The monoisotopic (exact) mass is 674 g/mol. The van der Waals surface area contributed by atoms with Crippen LogP contribution < -0.4 is 34.8 Å². The number of H-pyrrole nitrogens is 2. The molecular formula is C28H20Cl2N4S4Zn. The Labute approximate surface area is 271 Å². The molecule has 0 radical (unpaired) electrons. The van der Waals surface area contributed by atoms with Gasteiger partial charge in [0.2, 0.25) is 11.0 Å². The summed E-state index contributed by atoms with van der Waals surface area (Å²) in [6.07, 6.45) is 0. The van der Waals surface area contributed by atoms with Crippen LogP contribution in [0.15, 0.2) is 119 Å². The van der Waals surface area contributed by atoms with Gasteiger partial charge in [-0.2, -0.15) is 9.97 Å². The van der Waals surface area contributed by atoms with Crippen molar-refractivity contribution in [3.8, 4) is 0 Å². The van der Waals surface area contributed by atoms with Gasteiger partial charge < -0.3 is 50.1 Å². The molecule has 0 fully saturated rings. The number of hydrogen-bond acceptors (Lipinski definition) is 6. The van der Waals surface area contributed by atoms with E-state index in [1.165, 1.54) is 9.40 Å². The first-order chi connectivity index (χ1) is 17.7. The molecule has 0 unspecified atom stereocenters. The van der Waals surface area contributed by atoms with E-state index in [0.29, 0.717) is 10.1 Å². The van der Waals surface area contributed by atoms with Crippen molar-refractivity contribution in [3.63, 3.8) is 0 Å². The molecule has 0 aliphatic carbocycles. The third-order valence-corrected chi connectivity index (χ3v) is 8.06. The minimum absolute atomic E-state index is 0. The van der Waals surface area contributed by atoms with Crippen LogP contribution in [0, 0.1) is 0 Å². The van der Waals surface area contributed by atoms with Crippen LogP contribution in [0.1, 0.15) is 10.0 Å². The van der Waals surface area contributed by atoms with Gasteiger partial charge >= 0.3 is 19.5 Å². The summed E-state index contributed by atoms with van der Waals surface area (Å²) in [7, 11) is 0. The van der Waals surface area contributed by atoms with Crippen LogP contribution in [-0.2, 0) is 44.7 Å². The third-order valence-electron chi connectivity index (χ3n) is 5.06. The summed E-state index contributed by atoms with van der Waals surface area (Å²) < 4.78 is 2.39. The minimum atomic E-state index is 0. The number of benzene rings is 4. The molecule has 192 valence electrons. The number of aliphatic imine (C=N–C) groups is 2. The van der Waals surface area contributed by atoms with Crippen LogP contribution in [0.5, 0.6) is 0 Å². The van der Waals surface area contributed by atoms with Crippen LogP contribution >= 0.6 is 22.7 Å². The van der Waals surface area contributed by atoms with Gasteiger partial charge in [0.25, 0.3) is 10.0 Å². The first-order valence-electron chi connectivity index (χ1n) is 11.1. The summed E-state index contributed by atoms with van der Waals surface area (Å²) in [5, 5.41) is 3.05. The van der Waals surface area contributed by atoms with E-state index in [1.807, 2.05) is 97.1 Å². The molecule has 6 aromatic rings. The molecule has 6 rings (SSSR count). The van der Waals surface area contributed by atoms with Crippen LogP contribution in [0.3, 0.4) is 0 Å². The Morgan fingerprint density at radius 1 is 0.513 bits per heavy atom. The first kappa shape index (κ1) is 32.9. The number of para-hydroxylation sites is 4. The molecule has 0 saturated heterocycles. The minimum Gasteiger partial charge on any atom is -1.00 e. The van der Waals surface area contributed by atoms with Gasteiger partial charge in [0, 0.05) is 22.2 Å². The molecule has 2 heterocycles. The number of fused-ring (bicyclic) bond motifs is 2. The standard InChI is InChI=1S/2C14H10N2S2.2ClH.Zn/c2*17-13(15-10-6-2-1-3-7-10)14-16-11-8-4-5-9-12(11)18-14;;;/h2*1-9H,(H,15,17);2*1H;/q;;;;+2/p-2. The second kappa shape index (κ2) is 16.0. The fraction of sp³-hybridized carbons (Fsp3) is 0. The number of nitrogens with zero attached hydrogens (tertiary/aromatic N) is 2. The fourth-order valence-electron chi connectivity index (χ4n) is 3.37. The number of halogens is 2. The van der Waals surface area contributed by atoms with E-state index >= 15 is 0 Å². The van der Waals surface area contributed by atoms with Crippen LogP contribution in [0.25, 0.3) is 20.4 Å². The van der Waals surface area contributed by atoms with E-state index in [1.54, 1.807) is 22.7 Å². The van der Waals surface area contributed by atoms with Gasteiger partial charge in [-0.15, -0.1) is 0 Å². The Morgan fingerprint density at radius 3 is 1.21 bits per heavy atom. The normalized spacial score (nSPS) is 11.0. The Hall–Kier alpha value is -2.36. The largest absolute Gasteiger partial charge is 2.00 e. The molecular weight excluding hydrogens is 657 g/mol. The van der Waals surface area contributed by atoms with Crippen molar-refractivity contribution in [2.24, 2.45) is 9.98 Å². The van der Waals surface area contributed by atoms with Gasteiger partial charge in [0.1, 0.15) is 9.40 Å². The third kappa shape index (κ3) is 8.82. The zero-order valence-electron chi connectivity index (χ0n) is 20.4. The van der Waals surface area contributed by atoms with E-state index in [9.17, 15) is 0 Å². The first-order valence-corrected chi connectivity index (χ1v) is 13.5. The second-order valence-electron chi connectivity index (χ2n) is 7.61. The molecule has 0 atom stereocenters. The van der Waals surface area contributed by atoms with Gasteiger partial charge in [0.15, 0.2) is 0 Å². The Morgan fingerprint density at radius 2 is 0.846 bits per heavy atom. The predicted octanol–water partition coefficient (Wildman–Crippen LogP) is 0.687. The van der Waals surface area contributed by atoms with Crippen molar-refractivity contribution in [1.82, 2.24) is 0 Å². The molecule has 4 aromatic carbocycles. The zero-order chi connectivity index (χ0) is 24.7. The summed E-state index contributed by atoms with van der Waals surface area (Å²) in [5.41, 5.74) is 3.97. The van der Waals surface area contributed by atoms with Gasteiger partial charge in [-0.05, 0) is 36.4 Å². The molecule has 0 amide bonds. The van der Waals surface area contributed by atoms with Gasteiger partial charge in [-0.25, -0.2) is 0 Å². The summed E-state index contributed by atoms with van der Waals surface area (Å²) in [6, 6.07) is 35.8. The molecule has 0 bridgehead atoms. The van der Waals surface area contributed by atoms with E-state index < -0.39 is 0 Å². The van der Waals surface area contributed by atoms with Crippen molar-refractivity contribution in [2.45, 2.75) is 0 Å². The van der Waals surface area contributed by atoms with Crippen molar-refractivity contribution in [1.29, 1.82) is 0 Å². The molecule has 39 heavy (non-hydrogen) atoms. The molecule has 11 heteroatoms. The number of aromatic nitrogens is 2. The van der Waals surface area contributed by atoms with E-state index in [2.05, 4.69) is 32.1 Å². The van der Waals surface area contributed by atoms with Gasteiger partial charge in [-0.1, -0.05) is 83.3 Å². The Kier molecular flexibility index (Phi) is 13.5. The zero-order valence-corrected chi connectivity index (χ0v) is 28.1. The van der Waals surface area contributed by atoms with Crippen LogP contribution in [0.4, 0.5) is 11.4 Å². The number of rotatable bonds is 4.